The van der Waals surface area contributed by atoms with Crippen molar-refractivity contribution in [2.24, 2.45) is 0 Å². The first-order valence-electron chi connectivity index (χ1n) is 5.17. The van der Waals surface area contributed by atoms with Gasteiger partial charge in [0.05, 0.1) is 6.26 Å². The van der Waals surface area contributed by atoms with Crippen molar-refractivity contribution in [3.05, 3.63) is 36.1 Å². The Hall–Kier alpha value is -1.98. The van der Waals surface area contributed by atoms with E-state index in [0.717, 1.165) is 7.05 Å². The van der Waals surface area contributed by atoms with Crippen molar-refractivity contribution in [3.63, 3.8) is 0 Å². The van der Waals surface area contributed by atoms with Crippen LogP contribution in [0, 0.1) is 0 Å². The van der Waals surface area contributed by atoms with Crippen LogP contribution in [0.25, 0.3) is 11.0 Å². The van der Waals surface area contributed by atoms with Gasteiger partial charge < -0.3 is 9.32 Å². The van der Waals surface area contributed by atoms with Gasteiger partial charge in [-0.25, -0.2) is 0 Å². The van der Waals surface area contributed by atoms with E-state index < -0.39 is 12.1 Å². The van der Waals surface area contributed by atoms with Crippen LogP contribution in [0.15, 0.2) is 34.9 Å². The molecular weight excluding hydrogens is 247 g/mol. The summed E-state index contributed by atoms with van der Waals surface area (Å²) in [5, 5.41) is 0.708. The van der Waals surface area contributed by atoms with Crippen LogP contribution in [0.3, 0.4) is 0 Å². The lowest BCUT2D eigenvalue weighted by Gasteiger charge is -2.17. The molecule has 1 amide bonds. The van der Waals surface area contributed by atoms with Crippen molar-refractivity contribution in [2.45, 2.75) is 12.7 Å². The van der Waals surface area contributed by atoms with Crippen LogP contribution in [0.4, 0.5) is 13.2 Å². The van der Waals surface area contributed by atoms with Crippen LogP contribution in [0.2, 0.25) is 0 Å². The zero-order valence-corrected chi connectivity index (χ0v) is 9.49. The number of nitrogens with zero attached hydrogens (tertiary/aromatic N) is 1. The van der Waals surface area contributed by atoms with E-state index in [1.165, 1.54) is 6.26 Å². The van der Waals surface area contributed by atoms with Crippen molar-refractivity contribution in [3.8, 4) is 0 Å². The summed E-state index contributed by atoms with van der Waals surface area (Å²) in [6.07, 6.45) is -3.49. The van der Waals surface area contributed by atoms with E-state index in [9.17, 15) is 18.0 Å². The number of benzene rings is 1. The number of hydrogen-bond acceptors (Lipinski definition) is 2. The summed E-state index contributed by atoms with van der Waals surface area (Å²) < 4.78 is 41.9. The molecule has 96 valence electrons. The number of rotatable bonds is 2. The number of furan rings is 1. The van der Waals surface area contributed by atoms with Gasteiger partial charge in [0.15, 0.2) is 0 Å². The molecular formula is C12H10F3NO2. The highest BCUT2D eigenvalue weighted by Crippen LogP contribution is 2.24. The summed E-state index contributed by atoms with van der Waals surface area (Å²) in [6.45, 7) is -0.143. The van der Waals surface area contributed by atoms with Crippen LogP contribution < -0.4 is 0 Å². The second-order valence-corrected chi connectivity index (χ2v) is 3.92. The first-order chi connectivity index (χ1) is 8.39. The predicted octanol–water partition coefficient (Wildman–Crippen LogP) is 2.95. The molecule has 1 heterocycles. The fourth-order valence-corrected chi connectivity index (χ4v) is 1.70. The molecule has 1 aromatic carbocycles. The monoisotopic (exact) mass is 257 g/mol. The standard InChI is InChI=1S/C12H10F3NO2/c1-16(11(17)12(13,14)15)6-8-7-18-10-5-3-2-4-9(8)10/h2-5,7H,6H2,1H3. The minimum atomic E-state index is -4.85. The number of hydrogen-bond donors (Lipinski definition) is 0. The van der Waals surface area contributed by atoms with Gasteiger partial charge in [-0.2, -0.15) is 13.2 Å². The van der Waals surface area contributed by atoms with Crippen molar-refractivity contribution < 1.29 is 22.4 Å². The van der Waals surface area contributed by atoms with E-state index in [2.05, 4.69) is 0 Å². The fourth-order valence-electron chi connectivity index (χ4n) is 1.70. The molecule has 0 aliphatic carbocycles. The quantitative estimate of drug-likeness (QED) is 0.828. The number of fused-ring (bicyclic) bond motifs is 1. The minimum Gasteiger partial charge on any atom is -0.464 e. The van der Waals surface area contributed by atoms with Gasteiger partial charge in [0.25, 0.3) is 0 Å². The molecule has 0 aliphatic rings. The first kappa shape index (κ1) is 12.5. The van der Waals surface area contributed by atoms with E-state index in [0.29, 0.717) is 21.4 Å². The Morgan fingerprint density at radius 3 is 2.67 bits per heavy atom. The molecule has 0 atom stereocenters. The van der Waals surface area contributed by atoms with Crippen molar-refractivity contribution >= 4 is 16.9 Å². The molecule has 18 heavy (non-hydrogen) atoms. The average molecular weight is 257 g/mol. The predicted molar refractivity (Wildman–Crippen MR) is 58.7 cm³/mol. The van der Waals surface area contributed by atoms with Crippen LogP contribution in [0.5, 0.6) is 0 Å². The first-order valence-corrected chi connectivity index (χ1v) is 5.17. The highest BCUT2D eigenvalue weighted by atomic mass is 19.4. The molecule has 0 unspecified atom stereocenters. The molecule has 6 heteroatoms. The molecule has 0 bridgehead atoms. The van der Waals surface area contributed by atoms with Crippen LogP contribution in [-0.2, 0) is 11.3 Å². The maximum absolute atomic E-state index is 12.2. The summed E-state index contributed by atoms with van der Waals surface area (Å²) >= 11 is 0. The molecule has 0 N–H and O–H groups in total. The number of carbonyl (C=O) groups is 1. The summed E-state index contributed by atoms with van der Waals surface area (Å²) in [4.78, 5) is 11.6. The second-order valence-electron chi connectivity index (χ2n) is 3.92. The van der Waals surface area contributed by atoms with Gasteiger partial charge in [0.2, 0.25) is 0 Å². The summed E-state index contributed by atoms with van der Waals surface area (Å²) in [7, 11) is 1.11. The molecule has 0 saturated heterocycles. The lowest BCUT2D eigenvalue weighted by Crippen LogP contribution is -2.37. The maximum atomic E-state index is 12.2. The zero-order chi connectivity index (χ0) is 13.3. The van der Waals surface area contributed by atoms with Crippen molar-refractivity contribution in [1.29, 1.82) is 0 Å². The van der Waals surface area contributed by atoms with E-state index in [-0.39, 0.29) is 6.54 Å². The van der Waals surface area contributed by atoms with Gasteiger partial charge in [0.1, 0.15) is 5.58 Å². The molecule has 3 nitrogen and oxygen atoms in total. The molecule has 2 rings (SSSR count). The minimum absolute atomic E-state index is 0.143. The van der Waals surface area contributed by atoms with E-state index in [4.69, 9.17) is 4.42 Å². The van der Waals surface area contributed by atoms with Gasteiger partial charge in [0, 0.05) is 24.5 Å². The fraction of sp³-hybridized carbons (Fsp3) is 0.250. The van der Waals surface area contributed by atoms with Crippen LogP contribution in [-0.4, -0.2) is 24.0 Å². The largest absolute Gasteiger partial charge is 0.471 e. The number of halogens is 3. The highest BCUT2D eigenvalue weighted by Gasteiger charge is 2.41. The van der Waals surface area contributed by atoms with Gasteiger partial charge in [-0.1, -0.05) is 18.2 Å². The zero-order valence-electron chi connectivity index (χ0n) is 9.49. The second kappa shape index (κ2) is 4.36. The number of amides is 1. The Morgan fingerprint density at radius 2 is 2.00 bits per heavy atom. The SMILES string of the molecule is CN(Cc1coc2ccccc12)C(=O)C(F)(F)F. The van der Waals surface area contributed by atoms with Gasteiger partial charge in [-0.15, -0.1) is 0 Å². The van der Waals surface area contributed by atoms with Crippen molar-refractivity contribution in [1.82, 2.24) is 4.90 Å². The third-order valence-corrected chi connectivity index (χ3v) is 2.56. The Kier molecular flexibility index (Phi) is 3.02. The van der Waals surface area contributed by atoms with E-state index in [1.54, 1.807) is 24.3 Å². The van der Waals surface area contributed by atoms with Crippen LogP contribution >= 0.6 is 0 Å². The lowest BCUT2D eigenvalue weighted by atomic mass is 10.1. The Morgan fingerprint density at radius 1 is 1.33 bits per heavy atom. The third-order valence-electron chi connectivity index (χ3n) is 2.56. The molecule has 1 aromatic heterocycles. The summed E-state index contributed by atoms with van der Waals surface area (Å²) in [6, 6.07) is 6.97. The van der Waals surface area contributed by atoms with Crippen molar-refractivity contribution in [2.75, 3.05) is 7.05 Å². The maximum Gasteiger partial charge on any atom is 0.471 e. The molecule has 0 saturated carbocycles. The summed E-state index contributed by atoms with van der Waals surface area (Å²) in [5.41, 5.74) is 1.13. The summed E-state index contributed by atoms with van der Waals surface area (Å²) in [5.74, 6) is -1.87. The number of alkyl halides is 3. The normalized spacial score (nSPS) is 11.8. The number of para-hydroxylation sites is 1. The Balaban J connectivity index is 2.22. The topological polar surface area (TPSA) is 33.5 Å². The smallest absolute Gasteiger partial charge is 0.464 e. The molecule has 0 radical (unpaired) electrons. The Bertz CT molecular complexity index is 574. The van der Waals surface area contributed by atoms with Gasteiger partial charge in [-0.05, 0) is 6.07 Å². The van der Waals surface area contributed by atoms with Crippen LogP contribution in [0.1, 0.15) is 5.56 Å². The Labute approximate surface area is 101 Å². The van der Waals surface area contributed by atoms with Gasteiger partial charge >= 0.3 is 12.1 Å². The number of carbonyl (C=O) groups excluding carboxylic acids is 1. The molecule has 2 aromatic rings. The van der Waals surface area contributed by atoms with E-state index in [1.807, 2.05) is 0 Å². The highest BCUT2D eigenvalue weighted by molar-refractivity contribution is 5.84. The third kappa shape index (κ3) is 2.32. The molecule has 0 aliphatic heterocycles. The molecule has 0 spiro atoms. The van der Waals surface area contributed by atoms with Gasteiger partial charge in [-0.3, -0.25) is 4.79 Å². The average Bonchev–Trinajstić information content (AvgIpc) is 2.70. The molecule has 0 fully saturated rings. The van der Waals surface area contributed by atoms with E-state index >= 15 is 0 Å². The lowest BCUT2D eigenvalue weighted by molar-refractivity contribution is -0.184.